The maximum Gasteiger partial charge on any atom is 0.261 e. The number of ether oxygens (including phenoxy) is 1. The first-order valence-electron chi connectivity index (χ1n) is 9.86. The molecular formula is C24H24N4O2. The Labute approximate surface area is 176 Å². The number of carbonyl (C=O) groups excluding carboxylic acids is 1. The number of nitriles is 1. The Morgan fingerprint density at radius 3 is 2.63 bits per heavy atom. The summed E-state index contributed by atoms with van der Waals surface area (Å²) < 4.78 is 7.39. The van der Waals surface area contributed by atoms with Crippen LogP contribution in [0.1, 0.15) is 25.0 Å². The van der Waals surface area contributed by atoms with Gasteiger partial charge in [-0.3, -0.25) is 4.79 Å². The second-order valence-corrected chi connectivity index (χ2v) is 6.66. The molecule has 1 heterocycles. The lowest BCUT2D eigenvalue weighted by Gasteiger charge is -2.08. The number of aryl methyl sites for hydroxylation is 1. The van der Waals surface area contributed by atoms with Gasteiger partial charge in [-0.15, -0.1) is 0 Å². The minimum Gasteiger partial charge on any atom is -0.494 e. The highest BCUT2D eigenvalue weighted by atomic mass is 16.5. The standard InChI is InChI=1S/C24H24N4O2/c1-4-26-24(29)19(15-25)14-20-16-28(21-9-7-6-8-10-21)27-23(20)18-11-12-22(30-5-2)17(3)13-18/h6-14,16H,4-5H2,1-3H3,(H,26,29). The molecule has 0 bridgehead atoms. The Hall–Kier alpha value is -3.85. The third kappa shape index (κ3) is 4.58. The molecule has 0 aliphatic rings. The summed E-state index contributed by atoms with van der Waals surface area (Å²) in [7, 11) is 0. The zero-order valence-electron chi connectivity index (χ0n) is 17.3. The number of benzene rings is 2. The molecule has 1 aromatic heterocycles. The van der Waals surface area contributed by atoms with E-state index in [1.807, 2.05) is 81.6 Å². The third-order valence-electron chi connectivity index (χ3n) is 4.51. The summed E-state index contributed by atoms with van der Waals surface area (Å²) in [5, 5.41) is 16.9. The van der Waals surface area contributed by atoms with Crippen LogP contribution in [0.25, 0.3) is 23.0 Å². The number of rotatable bonds is 7. The lowest BCUT2D eigenvalue weighted by molar-refractivity contribution is -0.116. The zero-order valence-corrected chi connectivity index (χ0v) is 17.3. The summed E-state index contributed by atoms with van der Waals surface area (Å²) in [4.78, 5) is 12.2. The van der Waals surface area contributed by atoms with E-state index < -0.39 is 5.91 Å². The van der Waals surface area contributed by atoms with Crippen molar-refractivity contribution in [2.45, 2.75) is 20.8 Å². The van der Waals surface area contributed by atoms with Crippen molar-refractivity contribution in [2.75, 3.05) is 13.2 Å². The monoisotopic (exact) mass is 400 g/mol. The van der Waals surface area contributed by atoms with Crippen molar-refractivity contribution in [2.24, 2.45) is 0 Å². The summed E-state index contributed by atoms with van der Waals surface area (Å²) in [6.45, 7) is 6.78. The molecule has 3 aromatic rings. The fourth-order valence-corrected chi connectivity index (χ4v) is 3.10. The van der Waals surface area contributed by atoms with Crippen LogP contribution in [-0.4, -0.2) is 28.8 Å². The first-order chi connectivity index (χ1) is 14.6. The molecule has 30 heavy (non-hydrogen) atoms. The van der Waals surface area contributed by atoms with Crippen LogP contribution in [-0.2, 0) is 4.79 Å². The van der Waals surface area contributed by atoms with Crippen LogP contribution in [0, 0.1) is 18.3 Å². The van der Waals surface area contributed by atoms with E-state index in [2.05, 4.69) is 5.32 Å². The van der Waals surface area contributed by atoms with Crippen molar-refractivity contribution in [1.82, 2.24) is 15.1 Å². The van der Waals surface area contributed by atoms with Gasteiger partial charge in [-0.05, 0) is 62.7 Å². The third-order valence-corrected chi connectivity index (χ3v) is 4.51. The van der Waals surface area contributed by atoms with Gasteiger partial charge in [-0.2, -0.15) is 10.4 Å². The predicted octanol–water partition coefficient (Wildman–Crippen LogP) is 4.29. The van der Waals surface area contributed by atoms with Crippen LogP contribution in [0.5, 0.6) is 5.75 Å². The molecule has 0 spiro atoms. The molecule has 1 amide bonds. The van der Waals surface area contributed by atoms with E-state index in [-0.39, 0.29) is 5.57 Å². The molecule has 6 nitrogen and oxygen atoms in total. The van der Waals surface area contributed by atoms with E-state index in [0.717, 1.165) is 22.6 Å². The van der Waals surface area contributed by atoms with Crippen molar-refractivity contribution in [1.29, 1.82) is 5.26 Å². The first kappa shape index (κ1) is 20.9. The fourth-order valence-electron chi connectivity index (χ4n) is 3.10. The second kappa shape index (κ2) is 9.57. The Kier molecular flexibility index (Phi) is 6.66. The smallest absolute Gasteiger partial charge is 0.261 e. The van der Waals surface area contributed by atoms with Gasteiger partial charge in [0.05, 0.1) is 12.3 Å². The van der Waals surface area contributed by atoms with Gasteiger partial charge in [0.25, 0.3) is 5.91 Å². The zero-order chi connectivity index (χ0) is 21.5. The van der Waals surface area contributed by atoms with Crippen molar-refractivity contribution >= 4 is 12.0 Å². The average Bonchev–Trinajstić information content (AvgIpc) is 3.18. The summed E-state index contributed by atoms with van der Waals surface area (Å²) in [5.74, 6) is 0.419. The quantitative estimate of drug-likeness (QED) is 0.474. The minimum absolute atomic E-state index is 0.0355. The molecule has 3 rings (SSSR count). The molecule has 0 fully saturated rings. The Morgan fingerprint density at radius 1 is 1.23 bits per heavy atom. The van der Waals surface area contributed by atoms with Gasteiger partial charge in [0, 0.05) is 23.9 Å². The van der Waals surface area contributed by atoms with Crippen LogP contribution in [0.15, 0.2) is 60.3 Å². The Morgan fingerprint density at radius 2 is 2.00 bits per heavy atom. The van der Waals surface area contributed by atoms with E-state index in [4.69, 9.17) is 9.84 Å². The number of amides is 1. The highest BCUT2D eigenvalue weighted by Crippen LogP contribution is 2.29. The molecule has 0 aliphatic carbocycles. The predicted molar refractivity (Wildman–Crippen MR) is 117 cm³/mol. The number of likely N-dealkylation sites (N-methyl/N-ethyl adjacent to an activating group) is 1. The fraction of sp³-hybridized carbons (Fsp3) is 0.208. The van der Waals surface area contributed by atoms with Gasteiger partial charge < -0.3 is 10.1 Å². The Bertz CT molecular complexity index is 1110. The topological polar surface area (TPSA) is 79.9 Å². The van der Waals surface area contributed by atoms with Crippen molar-refractivity contribution in [3.05, 3.63) is 71.4 Å². The normalized spacial score (nSPS) is 11.1. The number of aromatic nitrogens is 2. The largest absolute Gasteiger partial charge is 0.494 e. The molecule has 0 unspecified atom stereocenters. The van der Waals surface area contributed by atoms with E-state index in [0.29, 0.717) is 24.4 Å². The van der Waals surface area contributed by atoms with E-state index in [9.17, 15) is 10.1 Å². The molecule has 0 saturated carbocycles. The highest BCUT2D eigenvalue weighted by Gasteiger charge is 2.15. The number of carbonyl (C=O) groups is 1. The number of nitrogens with one attached hydrogen (secondary N) is 1. The molecule has 6 heteroatoms. The van der Waals surface area contributed by atoms with Gasteiger partial charge >= 0.3 is 0 Å². The lowest BCUT2D eigenvalue weighted by Crippen LogP contribution is -2.23. The van der Waals surface area contributed by atoms with Crippen LogP contribution >= 0.6 is 0 Å². The van der Waals surface area contributed by atoms with Crippen LogP contribution in [0.3, 0.4) is 0 Å². The molecule has 152 valence electrons. The summed E-state index contributed by atoms with van der Waals surface area (Å²) in [6.07, 6.45) is 3.41. The second-order valence-electron chi connectivity index (χ2n) is 6.66. The molecule has 0 radical (unpaired) electrons. The number of para-hydroxylation sites is 1. The molecular weight excluding hydrogens is 376 g/mol. The van der Waals surface area contributed by atoms with Gasteiger partial charge in [0.15, 0.2) is 0 Å². The SMILES string of the molecule is CCNC(=O)C(C#N)=Cc1cn(-c2ccccc2)nc1-c1ccc(OCC)c(C)c1. The molecule has 2 aromatic carbocycles. The van der Waals surface area contributed by atoms with Gasteiger partial charge in [0.1, 0.15) is 23.1 Å². The number of hydrogen-bond acceptors (Lipinski definition) is 4. The van der Waals surface area contributed by atoms with E-state index in [1.54, 1.807) is 10.8 Å². The van der Waals surface area contributed by atoms with Crippen LogP contribution in [0.4, 0.5) is 0 Å². The van der Waals surface area contributed by atoms with Crippen molar-refractivity contribution in [3.8, 4) is 28.8 Å². The van der Waals surface area contributed by atoms with Crippen LogP contribution < -0.4 is 10.1 Å². The molecule has 0 saturated heterocycles. The van der Waals surface area contributed by atoms with Crippen molar-refractivity contribution < 1.29 is 9.53 Å². The average molecular weight is 400 g/mol. The van der Waals surface area contributed by atoms with Crippen molar-refractivity contribution in [3.63, 3.8) is 0 Å². The van der Waals surface area contributed by atoms with Gasteiger partial charge in [-0.25, -0.2) is 4.68 Å². The molecule has 1 N–H and O–H groups in total. The molecule has 0 aliphatic heterocycles. The lowest BCUT2D eigenvalue weighted by atomic mass is 10.0. The van der Waals surface area contributed by atoms with Gasteiger partial charge in [0.2, 0.25) is 0 Å². The van der Waals surface area contributed by atoms with Crippen LogP contribution in [0.2, 0.25) is 0 Å². The first-order valence-corrected chi connectivity index (χ1v) is 9.86. The van der Waals surface area contributed by atoms with E-state index in [1.165, 1.54) is 0 Å². The number of hydrogen-bond donors (Lipinski definition) is 1. The molecule has 0 atom stereocenters. The maximum absolute atomic E-state index is 12.2. The summed E-state index contributed by atoms with van der Waals surface area (Å²) in [6, 6.07) is 17.5. The maximum atomic E-state index is 12.2. The number of nitrogens with zero attached hydrogens (tertiary/aromatic N) is 3. The summed E-state index contributed by atoms with van der Waals surface area (Å²) >= 11 is 0. The van der Waals surface area contributed by atoms with Gasteiger partial charge in [-0.1, -0.05) is 18.2 Å². The summed E-state index contributed by atoms with van der Waals surface area (Å²) in [5.41, 5.74) is 4.16. The minimum atomic E-state index is -0.402. The van der Waals surface area contributed by atoms with E-state index >= 15 is 0 Å². The highest BCUT2D eigenvalue weighted by molar-refractivity contribution is 6.02. The Balaban J connectivity index is 2.13.